The van der Waals surface area contributed by atoms with Gasteiger partial charge in [-0.15, -0.1) is 5.10 Å². The number of nitrogens with zero attached hydrogens (tertiary/aromatic N) is 4. The molecule has 0 saturated heterocycles. The molecule has 2 aromatic heterocycles. The molecule has 7 heteroatoms. The van der Waals surface area contributed by atoms with Crippen molar-refractivity contribution in [2.75, 3.05) is 0 Å². The van der Waals surface area contributed by atoms with Gasteiger partial charge in [0.05, 0.1) is 12.1 Å². The van der Waals surface area contributed by atoms with Gasteiger partial charge in [-0.05, 0) is 32.9 Å². The first-order chi connectivity index (χ1) is 10.4. The van der Waals surface area contributed by atoms with Crippen molar-refractivity contribution in [3.05, 3.63) is 36.4 Å². The summed E-state index contributed by atoms with van der Waals surface area (Å²) in [5, 5.41) is 7.87. The Bertz CT molecular complexity index is 835. The van der Waals surface area contributed by atoms with E-state index in [4.69, 9.17) is 4.74 Å². The van der Waals surface area contributed by atoms with Crippen LogP contribution in [0.3, 0.4) is 0 Å². The number of hydrogen-bond acceptors (Lipinski definition) is 5. The first-order valence-corrected chi connectivity index (χ1v) is 6.98. The number of rotatable bonds is 2. The molecule has 0 bridgehead atoms. The minimum absolute atomic E-state index is 0.199. The van der Waals surface area contributed by atoms with Crippen LogP contribution >= 0.6 is 0 Å². The highest BCUT2D eigenvalue weighted by Gasteiger charge is 2.16. The van der Waals surface area contributed by atoms with Crippen LogP contribution in [0, 0.1) is 0 Å². The molecule has 0 radical (unpaired) electrons. The number of benzene rings is 1. The fourth-order valence-electron chi connectivity index (χ4n) is 2.06. The molecule has 0 spiro atoms. The van der Waals surface area contributed by atoms with E-state index in [-0.39, 0.29) is 6.54 Å². The van der Waals surface area contributed by atoms with Crippen LogP contribution in [0.1, 0.15) is 26.6 Å². The highest BCUT2D eigenvalue weighted by molar-refractivity contribution is 5.90. The molecule has 3 rings (SSSR count). The molecular formula is C15H17N5O2. The van der Waals surface area contributed by atoms with Gasteiger partial charge in [0.25, 0.3) is 0 Å². The topological polar surface area (TPSA) is 81.4 Å². The second kappa shape index (κ2) is 5.25. The largest absolute Gasteiger partial charge is 0.444 e. The fourth-order valence-corrected chi connectivity index (χ4v) is 2.06. The van der Waals surface area contributed by atoms with Crippen molar-refractivity contribution in [2.24, 2.45) is 0 Å². The number of carbonyl (C=O) groups is 1. The minimum atomic E-state index is -0.531. The van der Waals surface area contributed by atoms with Crippen molar-refractivity contribution in [1.29, 1.82) is 0 Å². The number of alkyl carbamates (subject to hydrolysis) is 1. The average molecular weight is 299 g/mol. The standard InChI is InChI=1S/C15H17N5O2/c1-15(2,3)22-14(21)16-8-12-18-13-10-6-4-5-7-11(10)17-9-20(13)19-12/h4-7,9H,8H2,1-3H3,(H,16,21). The number of amides is 1. The first kappa shape index (κ1) is 14.2. The highest BCUT2D eigenvalue weighted by Crippen LogP contribution is 2.15. The van der Waals surface area contributed by atoms with E-state index in [2.05, 4.69) is 20.4 Å². The third-order valence-corrected chi connectivity index (χ3v) is 2.92. The van der Waals surface area contributed by atoms with Crippen LogP contribution in [0.5, 0.6) is 0 Å². The normalized spacial score (nSPS) is 11.8. The Balaban J connectivity index is 1.81. The summed E-state index contributed by atoms with van der Waals surface area (Å²) in [6.07, 6.45) is 1.12. The van der Waals surface area contributed by atoms with Crippen molar-refractivity contribution in [3.63, 3.8) is 0 Å². The second-order valence-electron chi connectivity index (χ2n) is 5.91. The molecule has 1 N–H and O–H groups in total. The molecule has 0 aliphatic rings. The third kappa shape index (κ3) is 2.98. The number of para-hydroxylation sites is 1. The zero-order valence-electron chi connectivity index (χ0n) is 12.7. The minimum Gasteiger partial charge on any atom is -0.444 e. The molecule has 0 aliphatic heterocycles. The van der Waals surface area contributed by atoms with Gasteiger partial charge >= 0.3 is 6.09 Å². The zero-order chi connectivity index (χ0) is 15.7. The summed E-state index contributed by atoms with van der Waals surface area (Å²) in [5.41, 5.74) is 1.04. The monoisotopic (exact) mass is 299 g/mol. The Hall–Kier alpha value is -2.70. The summed E-state index contributed by atoms with van der Waals surface area (Å²) >= 11 is 0. The predicted molar refractivity (Wildman–Crippen MR) is 81.4 cm³/mol. The lowest BCUT2D eigenvalue weighted by Gasteiger charge is -2.19. The summed E-state index contributed by atoms with van der Waals surface area (Å²) in [4.78, 5) is 20.4. The van der Waals surface area contributed by atoms with Gasteiger partial charge in [-0.1, -0.05) is 12.1 Å². The van der Waals surface area contributed by atoms with Gasteiger partial charge in [0.2, 0.25) is 0 Å². The Kier molecular flexibility index (Phi) is 3.40. The highest BCUT2D eigenvalue weighted by atomic mass is 16.6. The Morgan fingerprint density at radius 2 is 2.09 bits per heavy atom. The van der Waals surface area contributed by atoms with Gasteiger partial charge in [-0.3, -0.25) is 0 Å². The van der Waals surface area contributed by atoms with Crippen molar-refractivity contribution in [2.45, 2.75) is 32.9 Å². The molecule has 0 unspecified atom stereocenters. The lowest BCUT2D eigenvalue weighted by molar-refractivity contribution is 0.0522. The van der Waals surface area contributed by atoms with E-state index in [1.165, 1.54) is 0 Å². The maximum Gasteiger partial charge on any atom is 0.408 e. The van der Waals surface area contributed by atoms with E-state index < -0.39 is 11.7 Å². The van der Waals surface area contributed by atoms with Crippen molar-refractivity contribution < 1.29 is 9.53 Å². The van der Waals surface area contributed by atoms with Gasteiger partial charge < -0.3 is 10.1 Å². The molecule has 7 nitrogen and oxygen atoms in total. The Morgan fingerprint density at radius 3 is 2.86 bits per heavy atom. The summed E-state index contributed by atoms with van der Waals surface area (Å²) in [6, 6.07) is 7.71. The number of ether oxygens (including phenoxy) is 1. The average Bonchev–Trinajstić information content (AvgIpc) is 2.87. The second-order valence-corrected chi connectivity index (χ2v) is 5.91. The van der Waals surface area contributed by atoms with Crippen LogP contribution < -0.4 is 5.32 Å². The Morgan fingerprint density at radius 1 is 1.32 bits per heavy atom. The summed E-state index contributed by atoms with van der Waals surface area (Å²) < 4.78 is 6.78. The third-order valence-electron chi connectivity index (χ3n) is 2.92. The van der Waals surface area contributed by atoms with Crippen LogP contribution in [0.4, 0.5) is 4.79 Å². The number of fused-ring (bicyclic) bond motifs is 3. The molecule has 22 heavy (non-hydrogen) atoms. The van der Waals surface area contributed by atoms with Gasteiger partial charge in [0.1, 0.15) is 11.9 Å². The number of nitrogens with one attached hydrogen (secondary N) is 1. The first-order valence-electron chi connectivity index (χ1n) is 6.98. The zero-order valence-corrected chi connectivity index (χ0v) is 12.7. The van der Waals surface area contributed by atoms with Gasteiger partial charge in [-0.25, -0.2) is 19.3 Å². The number of aromatic nitrogens is 4. The molecule has 0 atom stereocenters. The van der Waals surface area contributed by atoms with Gasteiger partial charge in [0, 0.05) is 5.39 Å². The van der Waals surface area contributed by atoms with Crippen molar-refractivity contribution in [3.8, 4) is 0 Å². The van der Waals surface area contributed by atoms with E-state index in [0.717, 1.165) is 10.9 Å². The van der Waals surface area contributed by atoms with Crippen LogP contribution in [0.2, 0.25) is 0 Å². The van der Waals surface area contributed by atoms with Crippen LogP contribution in [-0.4, -0.2) is 31.3 Å². The maximum atomic E-state index is 11.7. The molecule has 0 aliphatic carbocycles. The van der Waals surface area contributed by atoms with Gasteiger partial charge in [-0.2, -0.15) is 0 Å². The van der Waals surface area contributed by atoms with Crippen LogP contribution in [-0.2, 0) is 11.3 Å². The lowest BCUT2D eigenvalue weighted by Crippen LogP contribution is -2.32. The number of carbonyl (C=O) groups excluding carboxylic acids is 1. The molecule has 0 saturated carbocycles. The van der Waals surface area contributed by atoms with Crippen molar-refractivity contribution >= 4 is 22.6 Å². The SMILES string of the molecule is CC(C)(C)OC(=O)NCc1nc2c3ccccc3ncn2n1. The van der Waals surface area contributed by atoms with E-state index in [9.17, 15) is 4.79 Å². The summed E-state index contributed by atoms with van der Waals surface area (Å²) in [6.45, 7) is 5.64. The molecule has 114 valence electrons. The molecule has 0 fully saturated rings. The van der Waals surface area contributed by atoms with Crippen molar-refractivity contribution in [1.82, 2.24) is 24.9 Å². The Labute approximate surface area is 127 Å². The van der Waals surface area contributed by atoms with Crippen LogP contribution in [0.25, 0.3) is 16.6 Å². The van der Waals surface area contributed by atoms with E-state index >= 15 is 0 Å². The lowest BCUT2D eigenvalue weighted by atomic mass is 10.2. The van der Waals surface area contributed by atoms with Gasteiger partial charge in [0.15, 0.2) is 11.5 Å². The molecular weight excluding hydrogens is 282 g/mol. The molecule has 1 aromatic carbocycles. The fraction of sp³-hybridized carbons (Fsp3) is 0.333. The molecule has 3 aromatic rings. The predicted octanol–water partition coefficient (Wildman–Crippen LogP) is 2.30. The van der Waals surface area contributed by atoms with E-state index in [1.807, 2.05) is 45.0 Å². The van der Waals surface area contributed by atoms with E-state index in [0.29, 0.717) is 11.5 Å². The number of hydrogen-bond donors (Lipinski definition) is 1. The summed E-state index contributed by atoms with van der Waals surface area (Å²) in [7, 11) is 0. The smallest absolute Gasteiger partial charge is 0.408 e. The molecule has 1 amide bonds. The molecule has 2 heterocycles. The van der Waals surface area contributed by atoms with E-state index in [1.54, 1.807) is 10.8 Å². The maximum absolute atomic E-state index is 11.7. The van der Waals surface area contributed by atoms with Crippen LogP contribution in [0.15, 0.2) is 30.6 Å². The summed E-state index contributed by atoms with van der Waals surface area (Å²) in [5.74, 6) is 0.504. The quantitative estimate of drug-likeness (QED) is 0.785.